The molecule has 0 atom stereocenters. The molecule has 7 nitrogen and oxygen atoms in total. The van der Waals surface area contributed by atoms with E-state index in [0.717, 1.165) is 32.1 Å². The summed E-state index contributed by atoms with van der Waals surface area (Å²) in [5.74, 6) is 0. The quantitative estimate of drug-likeness (QED) is 0.369. The highest BCUT2D eigenvalue weighted by atomic mass is 16.5. The lowest BCUT2D eigenvalue weighted by Gasteiger charge is -2.25. The lowest BCUT2D eigenvalue weighted by Crippen LogP contribution is -2.38. The molecule has 2 fully saturated rings. The predicted molar refractivity (Wildman–Crippen MR) is 127 cm³/mol. The molecule has 0 aromatic heterocycles. The molecular weight excluding hydrogens is 378 g/mol. The minimum atomic E-state index is 0.495. The van der Waals surface area contributed by atoms with Crippen LogP contribution < -0.4 is 10.6 Å². The highest BCUT2D eigenvalue weighted by Crippen LogP contribution is 2.21. The van der Waals surface area contributed by atoms with Gasteiger partial charge in [0.05, 0.1) is 20.3 Å². The van der Waals surface area contributed by atoms with Crippen molar-refractivity contribution in [3.05, 3.63) is 0 Å². The van der Waals surface area contributed by atoms with Crippen LogP contribution in [0.2, 0.25) is 0 Å². The van der Waals surface area contributed by atoms with Crippen molar-refractivity contribution in [1.82, 2.24) is 15.5 Å². The van der Waals surface area contributed by atoms with Crippen molar-refractivity contribution in [2.45, 2.75) is 89.6 Å². The molecule has 0 aromatic carbocycles. The number of nitrogens with one attached hydrogen (secondary N) is 2. The van der Waals surface area contributed by atoms with E-state index in [4.69, 9.17) is 14.5 Å². The van der Waals surface area contributed by atoms with Crippen molar-refractivity contribution in [2.24, 2.45) is 9.98 Å². The van der Waals surface area contributed by atoms with Gasteiger partial charge in [-0.15, -0.1) is 0 Å². The molecule has 7 heteroatoms. The first-order valence-corrected chi connectivity index (χ1v) is 11.9. The molecule has 2 saturated carbocycles. The Labute approximate surface area is 185 Å². The Morgan fingerprint density at radius 3 is 2.03 bits per heavy atom. The SMILES string of the molecule is CCNC(=NCCCN(C)C)OC.COC(=NC1CCCCC1)NC1CCCCC1. The maximum absolute atomic E-state index is 5.39. The van der Waals surface area contributed by atoms with Crippen LogP contribution in [0.5, 0.6) is 0 Å². The Hall–Kier alpha value is -1.50. The van der Waals surface area contributed by atoms with E-state index < -0.39 is 0 Å². The second kappa shape index (κ2) is 17.2. The van der Waals surface area contributed by atoms with Gasteiger partial charge in [0.25, 0.3) is 12.0 Å². The Balaban J connectivity index is 0.000000314. The van der Waals surface area contributed by atoms with Crippen molar-refractivity contribution < 1.29 is 9.47 Å². The van der Waals surface area contributed by atoms with Crippen LogP contribution in [0.1, 0.15) is 77.6 Å². The fraction of sp³-hybridized carbons (Fsp3) is 0.913. The number of nitrogens with zero attached hydrogens (tertiary/aromatic N) is 3. The number of amidine groups is 2. The van der Waals surface area contributed by atoms with Crippen LogP contribution in [0, 0.1) is 0 Å². The van der Waals surface area contributed by atoms with Gasteiger partial charge in [0.1, 0.15) is 0 Å². The average molecular weight is 426 g/mol. The summed E-state index contributed by atoms with van der Waals surface area (Å²) in [6.07, 6.45) is 14.2. The standard InChI is InChI=1S/C14H26N2O.C9H21N3O/c1-17-14(15-12-8-4-2-5-9-12)16-13-10-6-3-7-11-13;1-5-10-9(13-4)11-7-6-8-12(2)3/h12-13H,2-11H2,1H3,(H,15,16);5-8H2,1-4H3,(H,10,11). The van der Waals surface area contributed by atoms with E-state index in [1.54, 1.807) is 14.2 Å². The minimum Gasteiger partial charge on any atom is -0.469 e. The molecule has 176 valence electrons. The van der Waals surface area contributed by atoms with E-state index in [1.165, 1.54) is 64.2 Å². The van der Waals surface area contributed by atoms with E-state index >= 15 is 0 Å². The molecule has 0 radical (unpaired) electrons. The van der Waals surface area contributed by atoms with Gasteiger partial charge in [-0.25, -0.2) is 9.98 Å². The fourth-order valence-corrected chi connectivity index (χ4v) is 3.86. The summed E-state index contributed by atoms with van der Waals surface area (Å²) in [4.78, 5) is 11.1. The summed E-state index contributed by atoms with van der Waals surface area (Å²) in [5.41, 5.74) is 0. The smallest absolute Gasteiger partial charge is 0.284 e. The van der Waals surface area contributed by atoms with Crippen molar-refractivity contribution in [3.63, 3.8) is 0 Å². The van der Waals surface area contributed by atoms with Gasteiger partial charge in [-0.2, -0.15) is 0 Å². The zero-order chi connectivity index (χ0) is 22.0. The zero-order valence-corrected chi connectivity index (χ0v) is 20.2. The van der Waals surface area contributed by atoms with E-state index in [0.29, 0.717) is 18.1 Å². The monoisotopic (exact) mass is 425 g/mol. The number of aliphatic imine (C=N–C) groups is 2. The maximum atomic E-state index is 5.39. The summed E-state index contributed by atoms with van der Waals surface area (Å²) in [6.45, 7) is 4.75. The topological polar surface area (TPSA) is 70.5 Å². The Morgan fingerprint density at radius 1 is 0.900 bits per heavy atom. The summed E-state index contributed by atoms with van der Waals surface area (Å²) in [5, 5.41) is 6.52. The number of hydrogen-bond donors (Lipinski definition) is 2. The molecular formula is C23H47N5O2. The molecule has 0 amide bonds. The highest BCUT2D eigenvalue weighted by Gasteiger charge is 2.17. The van der Waals surface area contributed by atoms with Crippen LogP contribution in [-0.2, 0) is 9.47 Å². The first-order chi connectivity index (χ1) is 14.6. The van der Waals surface area contributed by atoms with Crippen LogP contribution in [0.25, 0.3) is 0 Å². The molecule has 2 aliphatic carbocycles. The van der Waals surface area contributed by atoms with E-state index in [1.807, 2.05) is 6.92 Å². The van der Waals surface area contributed by atoms with Crippen LogP contribution >= 0.6 is 0 Å². The number of methoxy groups -OCH3 is 2. The predicted octanol–water partition coefficient (Wildman–Crippen LogP) is 3.79. The molecule has 2 aliphatic rings. The van der Waals surface area contributed by atoms with Crippen LogP contribution in [-0.4, -0.2) is 77.0 Å². The van der Waals surface area contributed by atoms with Gasteiger partial charge in [-0.3, -0.25) is 0 Å². The minimum absolute atomic E-state index is 0.495. The van der Waals surface area contributed by atoms with Crippen LogP contribution in [0.15, 0.2) is 9.98 Å². The largest absolute Gasteiger partial charge is 0.469 e. The first-order valence-electron chi connectivity index (χ1n) is 11.9. The van der Waals surface area contributed by atoms with Gasteiger partial charge in [0.2, 0.25) is 0 Å². The molecule has 0 saturated heterocycles. The van der Waals surface area contributed by atoms with E-state index in [-0.39, 0.29) is 0 Å². The van der Waals surface area contributed by atoms with Crippen molar-refractivity contribution in [3.8, 4) is 0 Å². The lowest BCUT2D eigenvalue weighted by molar-refractivity contribution is 0.331. The van der Waals surface area contributed by atoms with Crippen LogP contribution in [0.4, 0.5) is 0 Å². The Bertz CT molecular complexity index is 470. The number of rotatable bonds is 7. The molecule has 0 bridgehead atoms. The second-order valence-corrected chi connectivity index (χ2v) is 8.49. The average Bonchev–Trinajstić information content (AvgIpc) is 2.77. The Morgan fingerprint density at radius 2 is 1.50 bits per heavy atom. The van der Waals surface area contributed by atoms with Crippen molar-refractivity contribution >= 4 is 12.0 Å². The van der Waals surface area contributed by atoms with Gasteiger partial charge in [-0.05, 0) is 59.7 Å². The normalized spacial score (nSPS) is 19.1. The van der Waals surface area contributed by atoms with E-state index in [9.17, 15) is 0 Å². The lowest BCUT2D eigenvalue weighted by atomic mass is 9.95. The van der Waals surface area contributed by atoms with Gasteiger partial charge >= 0.3 is 0 Å². The maximum Gasteiger partial charge on any atom is 0.284 e. The molecule has 0 aromatic rings. The van der Waals surface area contributed by atoms with Crippen LogP contribution in [0.3, 0.4) is 0 Å². The van der Waals surface area contributed by atoms with Gasteiger partial charge in [0, 0.05) is 19.1 Å². The van der Waals surface area contributed by atoms with Crippen molar-refractivity contribution in [1.29, 1.82) is 0 Å². The molecule has 0 aliphatic heterocycles. The number of ether oxygens (including phenoxy) is 2. The highest BCUT2D eigenvalue weighted by molar-refractivity contribution is 5.74. The molecule has 2 N–H and O–H groups in total. The summed E-state index contributed by atoms with van der Waals surface area (Å²) in [7, 11) is 7.49. The fourth-order valence-electron chi connectivity index (χ4n) is 3.86. The molecule has 2 rings (SSSR count). The zero-order valence-electron chi connectivity index (χ0n) is 20.2. The Kier molecular flexibility index (Phi) is 15.2. The number of hydrogen-bond acceptors (Lipinski definition) is 5. The van der Waals surface area contributed by atoms with Gasteiger partial charge in [0.15, 0.2) is 0 Å². The molecule has 0 unspecified atom stereocenters. The summed E-state index contributed by atoms with van der Waals surface area (Å²) >= 11 is 0. The summed E-state index contributed by atoms with van der Waals surface area (Å²) < 4.78 is 10.4. The van der Waals surface area contributed by atoms with Gasteiger partial charge < -0.3 is 25.0 Å². The third-order valence-electron chi connectivity index (χ3n) is 5.54. The van der Waals surface area contributed by atoms with E-state index in [2.05, 4.69) is 34.6 Å². The molecule has 0 spiro atoms. The summed E-state index contributed by atoms with van der Waals surface area (Å²) in [6, 6.07) is 2.51. The second-order valence-electron chi connectivity index (χ2n) is 8.49. The third kappa shape index (κ3) is 12.9. The molecule has 0 heterocycles. The van der Waals surface area contributed by atoms with Gasteiger partial charge in [-0.1, -0.05) is 38.5 Å². The van der Waals surface area contributed by atoms with Crippen molar-refractivity contribution in [2.75, 3.05) is 47.9 Å². The molecule has 30 heavy (non-hydrogen) atoms. The third-order valence-corrected chi connectivity index (χ3v) is 5.54. The first kappa shape index (κ1) is 26.5.